The Morgan fingerprint density at radius 2 is 2.04 bits per heavy atom. The van der Waals surface area contributed by atoms with Crippen molar-refractivity contribution in [2.45, 2.75) is 31.6 Å². The van der Waals surface area contributed by atoms with Crippen LogP contribution >= 0.6 is 11.3 Å². The molecule has 6 nitrogen and oxygen atoms in total. The number of hydrogen-bond acceptors (Lipinski definition) is 6. The van der Waals surface area contributed by atoms with Crippen LogP contribution in [0.5, 0.6) is 5.88 Å². The van der Waals surface area contributed by atoms with Crippen LogP contribution in [0.3, 0.4) is 0 Å². The van der Waals surface area contributed by atoms with Crippen LogP contribution < -0.4 is 10.1 Å². The lowest BCUT2D eigenvalue weighted by Gasteiger charge is -2.22. The highest BCUT2D eigenvalue weighted by molar-refractivity contribution is 7.22. The number of pyridine rings is 1. The number of ether oxygens (including phenoxy) is 2. The van der Waals surface area contributed by atoms with Crippen molar-refractivity contribution in [1.82, 2.24) is 9.97 Å². The molecule has 1 saturated heterocycles. The van der Waals surface area contributed by atoms with E-state index in [0.29, 0.717) is 34.1 Å². The van der Waals surface area contributed by atoms with Gasteiger partial charge in [-0.2, -0.15) is 9.37 Å². The number of hydrogen-bond donors (Lipinski definition) is 1. The van der Waals surface area contributed by atoms with E-state index >= 15 is 0 Å². The molecule has 128 valence electrons. The number of amides is 1. The number of fused-ring (bicyclic) bond motifs is 1. The second kappa shape index (κ2) is 6.25. The molecule has 0 aromatic carbocycles. The topological polar surface area (TPSA) is 73.3 Å². The van der Waals surface area contributed by atoms with Crippen molar-refractivity contribution in [3.05, 3.63) is 11.5 Å². The third-order valence-corrected chi connectivity index (χ3v) is 5.50. The van der Waals surface area contributed by atoms with Crippen molar-refractivity contribution >= 4 is 32.6 Å². The van der Waals surface area contributed by atoms with Gasteiger partial charge in [-0.25, -0.2) is 4.98 Å². The predicted octanol–water partition coefficient (Wildman–Crippen LogP) is 3.08. The van der Waals surface area contributed by atoms with Gasteiger partial charge in [0.1, 0.15) is 5.52 Å². The summed E-state index contributed by atoms with van der Waals surface area (Å²) in [6, 6.07) is 0. The largest absolute Gasteiger partial charge is 0.479 e. The van der Waals surface area contributed by atoms with Gasteiger partial charge in [0.15, 0.2) is 5.13 Å². The zero-order valence-electron chi connectivity index (χ0n) is 13.3. The number of anilines is 1. The third kappa shape index (κ3) is 2.84. The van der Waals surface area contributed by atoms with E-state index in [1.807, 2.05) is 0 Å². The number of carbonyl (C=O) groups excluding carboxylic acids is 1. The summed E-state index contributed by atoms with van der Waals surface area (Å²) in [5.41, 5.74) is 1.08. The Morgan fingerprint density at radius 1 is 1.29 bits per heavy atom. The highest BCUT2D eigenvalue weighted by Crippen LogP contribution is 2.41. The molecule has 4 rings (SSSR count). The van der Waals surface area contributed by atoms with Gasteiger partial charge in [-0.3, -0.25) is 4.79 Å². The number of methoxy groups -OCH3 is 1. The molecule has 0 atom stereocenters. The fourth-order valence-corrected chi connectivity index (χ4v) is 4.10. The number of rotatable bonds is 4. The van der Waals surface area contributed by atoms with Crippen molar-refractivity contribution in [2.24, 2.45) is 5.92 Å². The fourth-order valence-electron chi connectivity index (χ4n) is 3.03. The summed E-state index contributed by atoms with van der Waals surface area (Å²) in [6.07, 6.45) is 3.34. The van der Waals surface area contributed by atoms with E-state index in [4.69, 9.17) is 9.47 Å². The van der Waals surface area contributed by atoms with Crippen LogP contribution in [0.15, 0.2) is 0 Å². The first-order chi connectivity index (χ1) is 11.7. The van der Waals surface area contributed by atoms with Crippen LogP contribution in [0.1, 0.15) is 37.2 Å². The normalized spacial score (nSPS) is 18.8. The lowest BCUT2D eigenvalue weighted by atomic mass is 9.92. The van der Waals surface area contributed by atoms with Gasteiger partial charge in [-0.05, 0) is 31.6 Å². The van der Waals surface area contributed by atoms with Gasteiger partial charge < -0.3 is 14.8 Å². The lowest BCUT2D eigenvalue weighted by molar-refractivity contribution is -0.117. The molecule has 2 fully saturated rings. The molecule has 0 spiro atoms. The fraction of sp³-hybridized carbons (Fsp3) is 0.562. The predicted molar refractivity (Wildman–Crippen MR) is 88.1 cm³/mol. The molecular formula is C16H18FN3O3S. The molecule has 24 heavy (non-hydrogen) atoms. The quantitative estimate of drug-likeness (QED) is 0.857. The first kappa shape index (κ1) is 15.7. The molecular weight excluding hydrogens is 333 g/mol. The Labute approximate surface area is 142 Å². The summed E-state index contributed by atoms with van der Waals surface area (Å²) < 4.78 is 25.9. The number of halogens is 1. The molecule has 1 amide bonds. The van der Waals surface area contributed by atoms with Gasteiger partial charge in [0.25, 0.3) is 0 Å². The highest BCUT2D eigenvalue weighted by atomic mass is 32.1. The third-order valence-electron chi connectivity index (χ3n) is 4.50. The van der Waals surface area contributed by atoms with Crippen molar-refractivity contribution in [3.63, 3.8) is 0 Å². The van der Waals surface area contributed by atoms with E-state index in [0.717, 1.165) is 25.7 Å². The minimum Gasteiger partial charge on any atom is -0.479 e. The Morgan fingerprint density at radius 3 is 2.71 bits per heavy atom. The van der Waals surface area contributed by atoms with Crippen molar-refractivity contribution in [2.75, 3.05) is 25.6 Å². The van der Waals surface area contributed by atoms with Gasteiger partial charge in [0, 0.05) is 24.7 Å². The van der Waals surface area contributed by atoms with Gasteiger partial charge >= 0.3 is 0 Å². The Hall–Kier alpha value is -1.80. The van der Waals surface area contributed by atoms with Crippen LogP contribution in [-0.2, 0) is 9.53 Å². The average molecular weight is 351 g/mol. The SMILES string of the molecule is COc1nc(F)c(C2CCOCC2)c2sc(NC(=O)C3CC3)nc12. The molecule has 0 radical (unpaired) electrons. The number of thiazole rings is 1. The molecule has 2 aromatic heterocycles. The molecule has 2 aliphatic rings. The Kier molecular flexibility index (Phi) is 4.09. The first-order valence-electron chi connectivity index (χ1n) is 8.10. The van der Waals surface area contributed by atoms with Crippen LogP contribution in [0, 0.1) is 11.9 Å². The van der Waals surface area contributed by atoms with Crippen LogP contribution in [-0.4, -0.2) is 36.2 Å². The van der Waals surface area contributed by atoms with E-state index < -0.39 is 5.95 Å². The smallest absolute Gasteiger partial charge is 0.243 e. The number of nitrogens with zero attached hydrogens (tertiary/aromatic N) is 2. The summed E-state index contributed by atoms with van der Waals surface area (Å²) >= 11 is 1.29. The van der Waals surface area contributed by atoms with Gasteiger partial charge in [-0.1, -0.05) is 11.3 Å². The number of carbonyl (C=O) groups is 1. The maximum Gasteiger partial charge on any atom is 0.243 e. The lowest BCUT2D eigenvalue weighted by Crippen LogP contribution is -2.16. The van der Waals surface area contributed by atoms with E-state index in [2.05, 4.69) is 15.3 Å². The average Bonchev–Trinajstić information content (AvgIpc) is 3.36. The first-order valence-corrected chi connectivity index (χ1v) is 8.91. The number of aromatic nitrogens is 2. The Balaban J connectivity index is 1.77. The van der Waals surface area contributed by atoms with Crippen LogP contribution in [0.4, 0.5) is 9.52 Å². The molecule has 8 heteroatoms. The molecule has 1 aliphatic heterocycles. The molecule has 0 bridgehead atoms. The summed E-state index contributed by atoms with van der Waals surface area (Å²) in [7, 11) is 1.44. The van der Waals surface area contributed by atoms with Gasteiger partial charge in [-0.15, -0.1) is 0 Å². The van der Waals surface area contributed by atoms with E-state index in [9.17, 15) is 9.18 Å². The second-order valence-corrected chi connectivity index (χ2v) is 7.17. The maximum absolute atomic E-state index is 14.6. The highest BCUT2D eigenvalue weighted by Gasteiger charge is 2.31. The molecule has 1 saturated carbocycles. The van der Waals surface area contributed by atoms with Crippen molar-refractivity contribution < 1.29 is 18.7 Å². The van der Waals surface area contributed by atoms with Crippen LogP contribution in [0.2, 0.25) is 0 Å². The summed E-state index contributed by atoms with van der Waals surface area (Å²) in [4.78, 5) is 20.3. The van der Waals surface area contributed by atoms with Gasteiger partial charge in [0.05, 0.1) is 11.8 Å². The van der Waals surface area contributed by atoms with Gasteiger partial charge in [0.2, 0.25) is 17.7 Å². The minimum atomic E-state index is -0.519. The van der Waals surface area contributed by atoms with E-state index in [1.54, 1.807) is 0 Å². The van der Waals surface area contributed by atoms with E-state index in [1.165, 1.54) is 18.4 Å². The second-order valence-electron chi connectivity index (χ2n) is 6.17. The van der Waals surface area contributed by atoms with Crippen molar-refractivity contribution in [1.29, 1.82) is 0 Å². The zero-order chi connectivity index (χ0) is 16.7. The number of nitrogens with one attached hydrogen (secondary N) is 1. The summed E-state index contributed by atoms with van der Waals surface area (Å²) in [6.45, 7) is 1.23. The summed E-state index contributed by atoms with van der Waals surface area (Å²) in [5, 5.41) is 3.31. The Bertz CT molecular complexity index is 784. The monoisotopic (exact) mass is 351 g/mol. The van der Waals surface area contributed by atoms with Crippen LogP contribution in [0.25, 0.3) is 10.2 Å². The summed E-state index contributed by atoms with van der Waals surface area (Å²) in [5.74, 6) is -0.249. The standard InChI is InChI=1S/C16H18FN3O3S/c1-22-15-11-12(24-16(18-11)20-14(21)9-2-3-9)10(13(17)19-15)8-4-6-23-7-5-8/h8-9H,2-7H2,1H3,(H,18,20,21). The minimum absolute atomic E-state index is 0.0194. The zero-order valence-corrected chi connectivity index (χ0v) is 14.1. The molecule has 0 unspecified atom stereocenters. The molecule has 2 aromatic rings. The molecule has 3 heterocycles. The van der Waals surface area contributed by atoms with Crippen molar-refractivity contribution in [3.8, 4) is 5.88 Å². The molecule has 1 aliphatic carbocycles. The van der Waals surface area contributed by atoms with E-state index in [-0.39, 0.29) is 23.6 Å². The molecule has 1 N–H and O–H groups in total. The maximum atomic E-state index is 14.6.